The molecular weight excluding hydrogens is 328 g/mol. The predicted molar refractivity (Wildman–Crippen MR) is 88.7 cm³/mol. The molecule has 3 aromatic rings. The van der Waals surface area contributed by atoms with Gasteiger partial charge in [-0.2, -0.15) is 4.98 Å². The molecule has 0 unspecified atom stereocenters. The molecule has 0 bridgehead atoms. The molecule has 0 aliphatic heterocycles. The van der Waals surface area contributed by atoms with Crippen molar-refractivity contribution in [3.05, 3.63) is 56.6 Å². The summed E-state index contributed by atoms with van der Waals surface area (Å²) in [4.78, 5) is 31.2. The SMILES string of the molecule is CC(C)c1noc(CCNc2nc3ccccn3c(=O)c2[N+](=O)[O-])n1. The molecule has 0 saturated heterocycles. The second-order valence-corrected chi connectivity index (χ2v) is 5.68. The van der Waals surface area contributed by atoms with Crippen LogP contribution in [-0.2, 0) is 6.42 Å². The first-order valence-corrected chi connectivity index (χ1v) is 7.69. The minimum atomic E-state index is -0.738. The number of pyridine rings is 1. The number of aromatic nitrogens is 4. The van der Waals surface area contributed by atoms with Crippen LogP contribution in [-0.4, -0.2) is 31.0 Å². The van der Waals surface area contributed by atoms with E-state index in [1.54, 1.807) is 18.2 Å². The van der Waals surface area contributed by atoms with E-state index in [0.29, 0.717) is 23.8 Å². The molecule has 10 nitrogen and oxygen atoms in total. The number of nitrogens with one attached hydrogen (secondary N) is 1. The molecule has 3 rings (SSSR count). The maximum absolute atomic E-state index is 12.3. The van der Waals surface area contributed by atoms with E-state index in [4.69, 9.17) is 4.52 Å². The van der Waals surface area contributed by atoms with Crippen LogP contribution in [0.5, 0.6) is 0 Å². The average Bonchev–Trinajstić information content (AvgIpc) is 3.04. The molecule has 0 fully saturated rings. The molecule has 0 spiro atoms. The number of nitrogens with zero attached hydrogens (tertiary/aromatic N) is 5. The van der Waals surface area contributed by atoms with E-state index in [1.165, 1.54) is 6.20 Å². The van der Waals surface area contributed by atoms with Gasteiger partial charge in [0.1, 0.15) is 5.65 Å². The molecule has 0 amide bonds. The van der Waals surface area contributed by atoms with Gasteiger partial charge in [-0.3, -0.25) is 19.3 Å². The van der Waals surface area contributed by atoms with Crippen LogP contribution in [0.4, 0.5) is 11.5 Å². The minimum Gasteiger partial charge on any atom is -0.364 e. The lowest BCUT2D eigenvalue weighted by Gasteiger charge is -2.06. The monoisotopic (exact) mass is 344 g/mol. The maximum atomic E-state index is 12.3. The summed E-state index contributed by atoms with van der Waals surface area (Å²) in [5.41, 5.74) is -1.02. The molecule has 0 atom stereocenters. The summed E-state index contributed by atoms with van der Waals surface area (Å²) in [6, 6.07) is 4.90. The number of nitro groups is 1. The highest BCUT2D eigenvalue weighted by atomic mass is 16.6. The fraction of sp³-hybridized carbons (Fsp3) is 0.333. The molecule has 1 N–H and O–H groups in total. The zero-order valence-corrected chi connectivity index (χ0v) is 13.7. The molecule has 25 heavy (non-hydrogen) atoms. The van der Waals surface area contributed by atoms with Crippen LogP contribution in [0.15, 0.2) is 33.7 Å². The van der Waals surface area contributed by atoms with Crippen LogP contribution in [0.1, 0.15) is 31.5 Å². The molecule has 0 aliphatic carbocycles. The molecular formula is C15H16N6O4. The molecule has 0 saturated carbocycles. The zero-order chi connectivity index (χ0) is 18.0. The van der Waals surface area contributed by atoms with E-state index in [2.05, 4.69) is 20.4 Å². The number of hydrogen-bond acceptors (Lipinski definition) is 8. The highest BCUT2D eigenvalue weighted by molar-refractivity contribution is 5.59. The molecule has 0 aromatic carbocycles. The van der Waals surface area contributed by atoms with Crippen molar-refractivity contribution in [2.45, 2.75) is 26.2 Å². The summed E-state index contributed by atoms with van der Waals surface area (Å²) < 4.78 is 6.25. The van der Waals surface area contributed by atoms with Crippen molar-refractivity contribution in [1.29, 1.82) is 0 Å². The van der Waals surface area contributed by atoms with Gasteiger partial charge in [0.15, 0.2) is 5.82 Å². The van der Waals surface area contributed by atoms with Crippen LogP contribution < -0.4 is 10.9 Å². The van der Waals surface area contributed by atoms with Crippen molar-refractivity contribution in [1.82, 2.24) is 19.5 Å². The van der Waals surface area contributed by atoms with Crippen molar-refractivity contribution in [3.63, 3.8) is 0 Å². The van der Waals surface area contributed by atoms with Crippen molar-refractivity contribution in [3.8, 4) is 0 Å². The summed E-state index contributed by atoms with van der Waals surface area (Å²) in [5.74, 6) is 1.08. The van der Waals surface area contributed by atoms with Crippen LogP contribution in [0, 0.1) is 10.1 Å². The first kappa shape index (κ1) is 16.6. The van der Waals surface area contributed by atoms with Crippen LogP contribution in [0.2, 0.25) is 0 Å². The fourth-order valence-corrected chi connectivity index (χ4v) is 2.26. The highest BCUT2D eigenvalue weighted by Gasteiger charge is 2.23. The van der Waals surface area contributed by atoms with E-state index in [-0.39, 0.29) is 18.3 Å². The first-order valence-electron chi connectivity index (χ1n) is 7.69. The fourth-order valence-electron chi connectivity index (χ4n) is 2.26. The highest BCUT2D eigenvalue weighted by Crippen LogP contribution is 2.18. The lowest BCUT2D eigenvalue weighted by molar-refractivity contribution is -0.385. The molecule has 130 valence electrons. The van der Waals surface area contributed by atoms with E-state index in [9.17, 15) is 14.9 Å². The molecule has 0 aliphatic rings. The van der Waals surface area contributed by atoms with Gasteiger partial charge in [-0.15, -0.1) is 0 Å². The third kappa shape index (κ3) is 3.32. The summed E-state index contributed by atoms with van der Waals surface area (Å²) in [5, 5.41) is 17.9. The Labute approximate surface area is 141 Å². The number of anilines is 1. The van der Waals surface area contributed by atoms with Crippen molar-refractivity contribution < 1.29 is 9.45 Å². The minimum absolute atomic E-state index is 0.0789. The molecule has 3 heterocycles. The number of rotatable bonds is 6. The molecule has 3 aromatic heterocycles. The normalized spacial score (nSPS) is 11.2. The van der Waals surface area contributed by atoms with Gasteiger partial charge in [-0.1, -0.05) is 25.1 Å². The largest absolute Gasteiger partial charge is 0.376 e. The van der Waals surface area contributed by atoms with Crippen molar-refractivity contribution >= 4 is 17.2 Å². The Kier molecular flexibility index (Phi) is 4.42. The van der Waals surface area contributed by atoms with Crippen molar-refractivity contribution in [2.75, 3.05) is 11.9 Å². The Morgan fingerprint density at radius 2 is 2.16 bits per heavy atom. The molecule has 0 radical (unpaired) electrons. The van der Waals surface area contributed by atoms with Gasteiger partial charge < -0.3 is 9.84 Å². The van der Waals surface area contributed by atoms with Crippen LogP contribution in [0.3, 0.4) is 0 Å². The first-order chi connectivity index (χ1) is 12.0. The van der Waals surface area contributed by atoms with Gasteiger partial charge in [-0.05, 0) is 12.1 Å². The summed E-state index contributed by atoms with van der Waals surface area (Å²) in [7, 11) is 0. The van der Waals surface area contributed by atoms with E-state index in [1.807, 2.05) is 13.8 Å². The van der Waals surface area contributed by atoms with Gasteiger partial charge in [0.05, 0.1) is 4.92 Å². The summed E-state index contributed by atoms with van der Waals surface area (Å²) in [6.07, 6.45) is 1.79. The van der Waals surface area contributed by atoms with Gasteiger partial charge in [-0.25, -0.2) is 4.98 Å². The maximum Gasteiger partial charge on any atom is 0.376 e. The standard InChI is InChI=1S/C15H16N6O4/c1-9(2)13-18-11(25-19-13)6-7-16-14-12(21(23)24)15(22)20-8-4-3-5-10(20)17-14/h3-5,8-9,16H,6-7H2,1-2H3. The van der Waals surface area contributed by atoms with Crippen molar-refractivity contribution in [2.24, 2.45) is 0 Å². The van der Waals surface area contributed by atoms with E-state index < -0.39 is 16.2 Å². The summed E-state index contributed by atoms with van der Waals surface area (Å²) in [6.45, 7) is 4.15. The molecule has 10 heteroatoms. The number of hydrogen-bond donors (Lipinski definition) is 1. The average molecular weight is 344 g/mol. The smallest absolute Gasteiger partial charge is 0.364 e. The second kappa shape index (κ2) is 6.67. The van der Waals surface area contributed by atoms with Crippen LogP contribution >= 0.6 is 0 Å². The van der Waals surface area contributed by atoms with Gasteiger partial charge in [0.2, 0.25) is 11.7 Å². The third-order valence-electron chi connectivity index (χ3n) is 3.52. The Bertz CT molecular complexity index is 978. The quantitative estimate of drug-likeness (QED) is 0.529. The Hall–Kier alpha value is -3.30. The number of fused-ring (bicyclic) bond motifs is 1. The third-order valence-corrected chi connectivity index (χ3v) is 3.52. The Balaban J connectivity index is 1.83. The van der Waals surface area contributed by atoms with Gasteiger partial charge >= 0.3 is 11.2 Å². The van der Waals surface area contributed by atoms with E-state index >= 15 is 0 Å². The summed E-state index contributed by atoms with van der Waals surface area (Å²) >= 11 is 0. The van der Waals surface area contributed by atoms with Gasteiger partial charge in [0.25, 0.3) is 0 Å². The zero-order valence-electron chi connectivity index (χ0n) is 13.7. The Morgan fingerprint density at radius 3 is 2.84 bits per heavy atom. The topological polar surface area (TPSA) is 128 Å². The predicted octanol–water partition coefficient (Wildman–Crippen LogP) is 1.76. The lowest BCUT2D eigenvalue weighted by atomic mass is 10.2. The second-order valence-electron chi connectivity index (χ2n) is 5.68. The lowest BCUT2D eigenvalue weighted by Crippen LogP contribution is -2.21. The van der Waals surface area contributed by atoms with E-state index in [0.717, 1.165) is 4.40 Å². The Morgan fingerprint density at radius 1 is 1.36 bits per heavy atom. The van der Waals surface area contributed by atoms with Crippen LogP contribution in [0.25, 0.3) is 5.65 Å². The van der Waals surface area contributed by atoms with Gasteiger partial charge in [0, 0.05) is 25.1 Å².